The van der Waals surface area contributed by atoms with Gasteiger partial charge >= 0.3 is 0 Å². The predicted molar refractivity (Wildman–Crippen MR) is 57.9 cm³/mol. The van der Waals surface area contributed by atoms with Gasteiger partial charge in [0.15, 0.2) is 0 Å². The average Bonchev–Trinajstić information content (AvgIpc) is 2.44. The third kappa shape index (κ3) is 2.05. The van der Waals surface area contributed by atoms with Gasteiger partial charge in [-0.2, -0.15) is 0 Å². The van der Waals surface area contributed by atoms with Crippen molar-refractivity contribution in [2.45, 2.75) is 0 Å². The van der Waals surface area contributed by atoms with Crippen LogP contribution in [-0.4, -0.2) is 35.9 Å². The standard InChI is InChI=1S/C11H13N3O/c1-14-10(4-6-13-8-11(14)15)9-3-2-5-12-7-9/h2-5,7,13H,6,8H2,1H3. The van der Waals surface area contributed by atoms with Gasteiger partial charge in [-0.05, 0) is 18.2 Å². The van der Waals surface area contributed by atoms with E-state index < -0.39 is 0 Å². The van der Waals surface area contributed by atoms with Gasteiger partial charge in [-0.15, -0.1) is 0 Å². The summed E-state index contributed by atoms with van der Waals surface area (Å²) >= 11 is 0. The number of likely N-dealkylation sites (N-methyl/N-ethyl adjacent to an activating group) is 1. The second-order valence-corrected chi connectivity index (χ2v) is 3.41. The Balaban J connectivity index is 2.34. The SMILES string of the molecule is CN1C(=O)CNCC=C1c1cccnc1. The second-order valence-electron chi connectivity index (χ2n) is 3.41. The Kier molecular flexibility index (Phi) is 2.78. The molecule has 0 saturated carbocycles. The van der Waals surface area contributed by atoms with Crippen LogP contribution in [0.15, 0.2) is 30.6 Å². The molecule has 0 atom stereocenters. The molecule has 0 fully saturated rings. The van der Waals surface area contributed by atoms with Gasteiger partial charge in [0, 0.05) is 37.2 Å². The lowest BCUT2D eigenvalue weighted by Gasteiger charge is -2.18. The summed E-state index contributed by atoms with van der Waals surface area (Å²) in [7, 11) is 1.79. The molecule has 0 saturated heterocycles. The molecule has 4 heteroatoms. The van der Waals surface area contributed by atoms with E-state index in [1.54, 1.807) is 24.3 Å². The van der Waals surface area contributed by atoms with Crippen molar-refractivity contribution < 1.29 is 4.79 Å². The summed E-state index contributed by atoms with van der Waals surface area (Å²) in [5.41, 5.74) is 1.88. The first kappa shape index (κ1) is 9.86. The number of hydrogen-bond acceptors (Lipinski definition) is 3. The van der Waals surface area contributed by atoms with E-state index in [4.69, 9.17) is 0 Å². The second kappa shape index (κ2) is 4.23. The number of pyridine rings is 1. The zero-order valence-corrected chi connectivity index (χ0v) is 8.60. The Morgan fingerprint density at radius 3 is 3.13 bits per heavy atom. The van der Waals surface area contributed by atoms with Crippen molar-refractivity contribution in [2.24, 2.45) is 0 Å². The van der Waals surface area contributed by atoms with Crippen LogP contribution in [0, 0.1) is 0 Å². The minimum Gasteiger partial charge on any atom is -0.314 e. The van der Waals surface area contributed by atoms with Gasteiger partial charge in [0.05, 0.1) is 6.54 Å². The van der Waals surface area contributed by atoms with Gasteiger partial charge in [-0.3, -0.25) is 9.78 Å². The molecule has 0 aliphatic carbocycles. The maximum absolute atomic E-state index is 11.6. The molecule has 2 heterocycles. The fraction of sp³-hybridized carbons (Fsp3) is 0.273. The molecule has 15 heavy (non-hydrogen) atoms. The molecular weight excluding hydrogens is 190 g/mol. The summed E-state index contributed by atoms with van der Waals surface area (Å²) in [6.45, 7) is 1.09. The largest absolute Gasteiger partial charge is 0.314 e. The van der Waals surface area contributed by atoms with E-state index in [9.17, 15) is 4.79 Å². The molecule has 4 nitrogen and oxygen atoms in total. The van der Waals surface area contributed by atoms with Gasteiger partial charge in [0.2, 0.25) is 5.91 Å². The van der Waals surface area contributed by atoms with E-state index in [0.29, 0.717) is 13.1 Å². The van der Waals surface area contributed by atoms with Crippen LogP contribution in [-0.2, 0) is 4.79 Å². The van der Waals surface area contributed by atoms with Crippen LogP contribution < -0.4 is 5.32 Å². The number of aromatic nitrogens is 1. The highest BCUT2D eigenvalue weighted by atomic mass is 16.2. The quantitative estimate of drug-likeness (QED) is 0.722. The molecule has 0 unspecified atom stereocenters. The fourth-order valence-electron chi connectivity index (χ4n) is 1.56. The molecule has 1 aliphatic rings. The molecule has 2 rings (SSSR count). The lowest BCUT2D eigenvalue weighted by Crippen LogP contribution is -2.31. The van der Waals surface area contributed by atoms with Crippen molar-refractivity contribution in [2.75, 3.05) is 20.1 Å². The highest BCUT2D eigenvalue weighted by Crippen LogP contribution is 2.17. The first-order chi connectivity index (χ1) is 7.29. The Bertz CT molecular complexity index is 386. The molecule has 0 bridgehead atoms. The zero-order chi connectivity index (χ0) is 10.7. The number of rotatable bonds is 1. The van der Waals surface area contributed by atoms with E-state index in [1.165, 1.54) is 0 Å². The molecule has 0 aromatic carbocycles. The van der Waals surface area contributed by atoms with Gasteiger partial charge < -0.3 is 10.2 Å². The maximum atomic E-state index is 11.6. The normalized spacial score (nSPS) is 17.3. The highest BCUT2D eigenvalue weighted by Gasteiger charge is 2.16. The topological polar surface area (TPSA) is 45.2 Å². The van der Waals surface area contributed by atoms with E-state index in [0.717, 1.165) is 11.3 Å². The summed E-state index contributed by atoms with van der Waals surface area (Å²) in [5.74, 6) is 0.0719. The lowest BCUT2D eigenvalue weighted by atomic mass is 10.2. The molecular formula is C11H13N3O. The van der Waals surface area contributed by atoms with E-state index in [1.807, 2.05) is 18.2 Å². The zero-order valence-electron chi connectivity index (χ0n) is 8.60. The number of nitrogens with zero attached hydrogens (tertiary/aromatic N) is 2. The summed E-state index contributed by atoms with van der Waals surface area (Å²) in [4.78, 5) is 17.3. The minimum atomic E-state index is 0.0719. The molecule has 0 spiro atoms. The van der Waals surface area contributed by atoms with Crippen LogP contribution in [0.3, 0.4) is 0 Å². The van der Waals surface area contributed by atoms with Gasteiger partial charge in [0.25, 0.3) is 0 Å². The van der Waals surface area contributed by atoms with Gasteiger partial charge in [0.1, 0.15) is 0 Å². The van der Waals surface area contributed by atoms with Crippen LogP contribution in [0.1, 0.15) is 5.56 Å². The monoisotopic (exact) mass is 203 g/mol. The van der Waals surface area contributed by atoms with Crippen LogP contribution in [0.5, 0.6) is 0 Å². The Labute approximate surface area is 88.6 Å². The van der Waals surface area contributed by atoms with Crippen molar-refractivity contribution in [3.05, 3.63) is 36.2 Å². The number of carbonyl (C=O) groups is 1. The number of carbonyl (C=O) groups excluding carboxylic acids is 1. The third-order valence-corrected chi connectivity index (χ3v) is 2.41. The van der Waals surface area contributed by atoms with Crippen LogP contribution >= 0.6 is 0 Å². The molecule has 1 aromatic heterocycles. The molecule has 1 aromatic rings. The predicted octanol–water partition coefficient (Wildman–Crippen LogP) is 0.484. The Hall–Kier alpha value is -1.68. The first-order valence-electron chi connectivity index (χ1n) is 4.87. The number of nitrogens with one attached hydrogen (secondary N) is 1. The fourth-order valence-corrected chi connectivity index (χ4v) is 1.56. The summed E-state index contributed by atoms with van der Waals surface area (Å²) in [5, 5.41) is 3.04. The van der Waals surface area contributed by atoms with Gasteiger partial charge in [-0.25, -0.2) is 0 Å². The third-order valence-electron chi connectivity index (χ3n) is 2.41. The summed E-state index contributed by atoms with van der Waals surface area (Å²) < 4.78 is 0. The number of hydrogen-bond donors (Lipinski definition) is 1. The van der Waals surface area contributed by atoms with Crippen LogP contribution in [0.2, 0.25) is 0 Å². The molecule has 78 valence electrons. The lowest BCUT2D eigenvalue weighted by molar-refractivity contribution is -0.125. The smallest absolute Gasteiger partial charge is 0.240 e. The summed E-state index contributed by atoms with van der Waals surface area (Å²) in [6, 6.07) is 3.82. The van der Waals surface area contributed by atoms with Crippen molar-refractivity contribution in [1.82, 2.24) is 15.2 Å². The van der Waals surface area contributed by atoms with Crippen LogP contribution in [0.25, 0.3) is 5.70 Å². The molecule has 1 amide bonds. The molecule has 1 aliphatic heterocycles. The van der Waals surface area contributed by atoms with E-state index in [-0.39, 0.29) is 5.91 Å². The first-order valence-corrected chi connectivity index (χ1v) is 4.87. The Morgan fingerprint density at radius 2 is 2.40 bits per heavy atom. The summed E-state index contributed by atoms with van der Waals surface area (Å²) in [6.07, 6.45) is 5.49. The minimum absolute atomic E-state index is 0.0719. The maximum Gasteiger partial charge on any atom is 0.240 e. The van der Waals surface area contributed by atoms with E-state index >= 15 is 0 Å². The van der Waals surface area contributed by atoms with E-state index in [2.05, 4.69) is 10.3 Å². The Morgan fingerprint density at radius 1 is 1.53 bits per heavy atom. The number of amides is 1. The van der Waals surface area contributed by atoms with Crippen molar-refractivity contribution in [3.63, 3.8) is 0 Å². The molecule has 1 N–H and O–H groups in total. The highest BCUT2D eigenvalue weighted by molar-refractivity contribution is 5.88. The van der Waals surface area contributed by atoms with Crippen molar-refractivity contribution >= 4 is 11.6 Å². The van der Waals surface area contributed by atoms with Gasteiger partial charge in [-0.1, -0.05) is 0 Å². The van der Waals surface area contributed by atoms with Crippen molar-refractivity contribution in [3.8, 4) is 0 Å². The molecule has 0 radical (unpaired) electrons. The van der Waals surface area contributed by atoms with Crippen molar-refractivity contribution in [1.29, 1.82) is 0 Å². The average molecular weight is 203 g/mol. The van der Waals surface area contributed by atoms with Crippen LogP contribution in [0.4, 0.5) is 0 Å².